The van der Waals surface area contributed by atoms with Crippen LogP contribution in [0.15, 0.2) is 36.5 Å². The van der Waals surface area contributed by atoms with E-state index >= 15 is 0 Å². The number of aromatic nitrogens is 1. The van der Waals surface area contributed by atoms with Crippen LogP contribution in [0.3, 0.4) is 0 Å². The van der Waals surface area contributed by atoms with E-state index in [1.54, 1.807) is 24.3 Å². The molecule has 1 unspecified atom stereocenters. The van der Waals surface area contributed by atoms with Crippen molar-refractivity contribution >= 4 is 16.7 Å². The van der Waals surface area contributed by atoms with E-state index < -0.39 is 17.5 Å². The van der Waals surface area contributed by atoms with Gasteiger partial charge in [0, 0.05) is 18.0 Å². The van der Waals surface area contributed by atoms with Gasteiger partial charge in [-0.05, 0) is 24.6 Å². The smallest absolute Gasteiger partial charge is 0.312 e. The zero-order valence-electron chi connectivity index (χ0n) is 10.7. The maximum absolute atomic E-state index is 12.7. The number of rotatable bonds is 3. The summed E-state index contributed by atoms with van der Waals surface area (Å²) in [5.41, 5.74) is 3.41. The van der Waals surface area contributed by atoms with Crippen molar-refractivity contribution < 1.29 is 18.0 Å². The first-order valence-corrected chi connectivity index (χ1v) is 5.95. The van der Waals surface area contributed by atoms with Gasteiger partial charge in [0.05, 0.1) is 5.52 Å². The molecular formula is C14H13F3N2O. The molecule has 1 aromatic carbocycles. The number of fused-ring (bicyclic) bond motifs is 1. The van der Waals surface area contributed by atoms with Gasteiger partial charge < -0.3 is 5.73 Å². The Labute approximate surface area is 113 Å². The SMILES string of the molecule is CC(N)(C(=O)Cc1ccnc2ccccc12)C(F)(F)F. The van der Waals surface area contributed by atoms with Crippen LogP contribution in [0.1, 0.15) is 12.5 Å². The Kier molecular flexibility index (Phi) is 3.52. The molecule has 0 fully saturated rings. The highest BCUT2D eigenvalue weighted by atomic mass is 19.4. The largest absolute Gasteiger partial charge is 0.413 e. The van der Waals surface area contributed by atoms with Crippen LogP contribution in [0.4, 0.5) is 13.2 Å². The number of pyridine rings is 1. The lowest BCUT2D eigenvalue weighted by Crippen LogP contribution is -2.57. The molecule has 3 nitrogen and oxygen atoms in total. The van der Waals surface area contributed by atoms with Gasteiger partial charge in [-0.1, -0.05) is 18.2 Å². The molecular weight excluding hydrogens is 269 g/mol. The molecule has 0 amide bonds. The summed E-state index contributed by atoms with van der Waals surface area (Å²) in [4.78, 5) is 16.0. The monoisotopic (exact) mass is 282 g/mol. The highest BCUT2D eigenvalue weighted by molar-refractivity contribution is 5.94. The topological polar surface area (TPSA) is 56.0 Å². The van der Waals surface area contributed by atoms with Gasteiger partial charge in [-0.2, -0.15) is 13.2 Å². The number of hydrogen-bond donors (Lipinski definition) is 1. The van der Waals surface area contributed by atoms with Crippen molar-refractivity contribution in [3.63, 3.8) is 0 Å². The number of nitrogens with two attached hydrogens (primary N) is 1. The highest BCUT2D eigenvalue weighted by Crippen LogP contribution is 2.30. The summed E-state index contributed by atoms with van der Waals surface area (Å²) < 4.78 is 38.2. The van der Waals surface area contributed by atoms with Gasteiger partial charge in [0.1, 0.15) is 0 Å². The van der Waals surface area contributed by atoms with Gasteiger partial charge in [0.2, 0.25) is 0 Å². The zero-order valence-corrected chi connectivity index (χ0v) is 10.7. The van der Waals surface area contributed by atoms with Crippen LogP contribution in [0.2, 0.25) is 0 Å². The van der Waals surface area contributed by atoms with E-state index in [0.29, 0.717) is 23.4 Å². The summed E-state index contributed by atoms with van der Waals surface area (Å²) >= 11 is 0. The third-order valence-corrected chi connectivity index (χ3v) is 3.26. The number of benzene rings is 1. The molecule has 0 bridgehead atoms. The van der Waals surface area contributed by atoms with Gasteiger partial charge in [-0.3, -0.25) is 9.78 Å². The Hall–Kier alpha value is -1.95. The second-order valence-electron chi connectivity index (χ2n) is 4.79. The third-order valence-electron chi connectivity index (χ3n) is 3.26. The normalized spacial score (nSPS) is 15.1. The predicted octanol–water partition coefficient (Wildman–Crippen LogP) is 2.63. The fourth-order valence-corrected chi connectivity index (χ4v) is 1.82. The van der Waals surface area contributed by atoms with Gasteiger partial charge in [0.25, 0.3) is 0 Å². The Morgan fingerprint density at radius 3 is 2.55 bits per heavy atom. The summed E-state index contributed by atoms with van der Waals surface area (Å²) in [5, 5.41) is 0.654. The summed E-state index contributed by atoms with van der Waals surface area (Å²) in [6.45, 7) is 0.693. The number of halogens is 3. The standard InChI is InChI=1S/C14H13F3N2O/c1-13(18,14(15,16)17)12(20)8-9-6-7-19-11-5-3-2-4-10(9)11/h2-7H,8,18H2,1H3. The fraction of sp³-hybridized carbons (Fsp3) is 0.286. The fourth-order valence-electron chi connectivity index (χ4n) is 1.82. The molecule has 0 saturated carbocycles. The first-order chi connectivity index (χ1) is 9.23. The van der Waals surface area contributed by atoms with Crippen LogP contribution in [-0.2, 0) is 11.2 Å². The Morgan fingerprint density at radius 2 is 1.90 bits per heavy atom. The highest BCUT2D eigenvalue weighted by Gasteiger charge is 2.53. The number of carbonyl (C=O) groups is 1. The molecule has 0 spiro atoms. The summed E-state index contributed by atoms with van der Waals surface area (Å²) in [7, 11) is 0. The van der Waals surface area contributed by atoms with Gasteiger partial charge in [0.15, 0.2) is 11.3 Å². The quantitative estimate of drug-likeness (QED) is 0.941. The van der Waals surface area contributed by atoms with Gasteiger partial charge in [-0.15, -0.1) is 0 Å². The third kappa shape index (κ3) is 2.51. The molecule has 1 aromatic heterocycles. The number of carbonyl (C=O) groups excluding carboxylic acids is 1. The van der Waals surface area contributed by atoms with E-state index in [1.165, 1.54) is 12.3 Å². The van der Waals surface area contributed by atoms with Crippen molar-refractivity contribution in [2.24, 2.45) is 5.73 Å². The van der Waals surface area contributed by atoms with Gasteiger partial charge in [-0.25, -0.2) is 0 Å². The number of para-hydroxylation sites is 1. The first-order valence-electron chi connectivity index (χ1n) is 5.95. The van der Waals surface area contributed by atoms with Crippen molar-refractivity contribution in [2.75, 3.05) is 0 Å². The van der Waals surface area contributed by atoms with Crippen molar-refractivity contribution in [2.45, 2.75) is 25.1 Å². The molecule has 20 heavy (non-hydrogen) atoms. The maximum atomic E-state index is 12.7. The second-order valence-corrected chi connectivity index (χ2v) is 4.79. The Bertz CT molecular complexity index is 645. The molecule has 1 atom stereocenters. The number of nitrogens with zero attached hydrogens (tertiary/aromatic N) is 1. The molecule has 2 rings (SSSR count). The molecule has 106 valence electrons. The lowest BCUT2D eigenvalue weighted by atomic mass is 9.91. The summed E-state index contributed by atoms with van der Waals surface area (Å²) in [6.07, 6.45) is -3.69. The van der Waals surface area contributed by atoms with Gasteiger partial charge >= 0.3 is 6.18 Å². The summed E-state index contributed by atoms with van der Waals surface area (Å²) in [5.74, 6) is -1.07. The van der Waals surface area contributed by atoms with E-state index in [0.717, 1.165) is 0 Å². The lowest BCUT2D eigenvalue weighted by molar-refractivity contribution is -0.185. The number of Topliss-reactive ketones (excluding diaryl/α,β-unsaturated/α-hetero) is 1. The minimum absolute atomic E-state index is 0.379. The first kappa shape index (κ1) is 14.5. The lowest BCUT2D eigenvalue weighted by Gasteiger charge is -2.26. The van der Waals surface area contributed by atoms with Crippen LogP contribution >= 0.6 is 0 Å². The van der Waals surface area contributed by atoms with E-state index in [2.05, 4.69) is 4.98 Å². The minimum Gasteiger partial charge on any atom is -0.312 e. The van der Waals surface area contributed by atoms with Crippen LogP contribution in [0.5, 0.6) is 0 Å². The molecule has 0 aliphatic carbocycles. The minimum atomic E-state index is -4.77. The number of hydrogen-bond acceptors (Lipinski definition) is 3. The Morgan fingerprint density at radius 1 is 1.25 bits per heavy atom. The van der Waals surface area contributed by atoms with Crippen LogP contribution in [-0.4, -0.2) is 22.5 Å². The average molecular weight is 282 g/mol. The van der Waals surface area contributed by atoms with Crippen molar-refractivity contribution in [1.82, 2.24) is 4.98 Å². The number of alkyl halides is 3. The number of ketones is 1. The molecule has 2 N–H and O–H groups in total. The van der Waals surface area contributed by atoms with E-state index in [1.807, 2.05) is 0 Å². The van der Waals surface area contributed by atoms with E-state index in [4.69, 9.17) is 5.73 Å². The van der Waals surface area contributed by atoms with Crippen LogP contribution < -0.4 is 5.73 Å². The average Bonchev–Trinajstić information content (AvgIpc) is 2.37. The van der Waals surface area contributed by atoms with E-state index in [-0.39, 0.29) is 6.42 Å². The predicted molar refractivity (Wildman–Crippen MR) is 69.1 cm³/mol. The van der Waals surface area contributed by atoms with E-state index in [9.17, 15) is 18.0 Å². The molecule has 6 heteroatoms. The molecule has 2 aromatic rings. The molecule has 1 heterocycles. The maximum Gasteiger partial charge on any atom is 0.413 e. The zero-order chi connectivity index (χ0) is 15.0. The molecule has 0 aliphatic rings. The molecule has 0 radical (unpaired) electrons. The Balaban J connectivity index is 2.36. The van der Waals surface area contributed by atoms with Crippen molar-refractivity contribution in [3.05, 3.63) is 42.1 Å². The molecule has 0 aliphatic heterocycles. The van der Waals surface area contributed by atoms with Crippen LogP contribution in [0.25, 0.3) is 10.9 Å². The summed E-state index contributed by atoms with van der Waals surface area (Å²) in [6, 6.07) is 8.49. The van der Waals surface area contributed by atoms with Crippen molar-refractivity contribution in [3.8, 4) is 0 Å². The second kappa shape index (κ2) is 4.86. The van der Waals surface area contributed by atoms with Crippen LogP contribution in [0, 0.1) is 0 Å². The van der Waals surface area contributed by atoms with Crippen molar-refractivity contribution in [1.29, 1.82) is 0 Å². The molecule has 0 saturated heterocycles.